The SMILES string of the molecule is COCc1ccc(C(=O)NCC2CCCN(Cc3cccs3)C2)cc1. The summed E-state index contributed by atoms with van der Waals surface area (Å²) in [6, 6.07) is 11.9. The van der Waals surface area contributed by atoms with E-state index in [1.807, 2.05) is 35.6 Å². The number of methoxy groups -OCH3 is 1. The number of ether oxygens (including phenoxy) is 1. The highest BCUT2D eigenvalue weighted by atomic mass is 32.1. The second kappa shape index (κ2) is 9.13. The molecule has 1 atom stereocenters. The summed E-state index contributed by atoms with van der Waals surface area (Å²) in [7, 11) is 1.67. The molecule has 1 aliphatic heterocycles. The van der Waals surface area contributed by atoms with E-state index >= 15 is 0 Å². The van der Waals surface area contributed by atoms with Crippen LogP contribution in [0.1, 0.15) is 33.6 Å². The van der Waals surface area contributed by atoms with E-state index in [1.165, 1.54) is 17.7 Å². The fraction of sp³-hybridized carbons (Fsp3) is 0.450. The van der Waals surface area contributed by atoms with Gasteiger partial charge in [0, 0.05) is 37.2 Å². The molecule has 1 fully saturated rings. The van der Waals surface area contributed by atoms with E-state index in [-0.39, 0.29) is 5.91 Å². The molecule has 1 aromatic heterocycles. The predicted molar refractivity (Wildman–Crippen MR) is 102 cm³/mol. The Morgan fingerprint density at radius 1 is 1.32 bits per heavy atom. The van der Waals surface area contributed by atoms with Gasteiger partial charge in [-0.1, -0.05) is 18.2 Å². The third-order valence-corrected chi connectivity index (χ3v) is 5.50. The van der Waals surface area contributed by atoms with Crippen LogP contribution in [-0.4, -0.2) is 37.6 Å². The largest absolute Gasteiger partial charge is 0.380 e. The molecule has 1 aromatic carbocycles. The monoisotopic (exact) mass is 358 g/mol. The third kappa shape index (κ3) is 5.39. The number of hydrogen-bond acceptors (Lipinski definition) is 4. The highest BCUT2D eigenvalue weighted by molar-refractivity contribution is 7.09. The molecule has 2 heterocycles. The molecule has 0 radical (unpaired) electrons. The number of rotatable bonds is 7. The second-order valence-corrected chi connectivity index (χ2v) is 7.69. The lowest BCUT2D eigenvalue weighted by Gasteiger charge is -2.32. The fourth-order valence-corrected chi connectivity index (χ4v) is 4.09. The average molecular weight is 359 g/mol. The molecule has 1 N–H and O–H groups in total. The Hall–Kier alpha value is -1.69. The van der Waals surface area contributed by atoms with Gasteiger partial charge in [-0.25, -0.2) is 0 Å². The second-order valence-electron chi connectivity index (χ2n) is 6.66. The normalized spacial score (nSPS) is 18.2. The van der Waals surface area contributed by atoms with Gasteiger partial charge in [-0.2, -0.15) is 0 Å². The number of thiophene rings is 1. The summed E-state index contributed by atoms with van der Waals surface area (Å²) in [5.74, 6) is 0.546. The van der Waals surface area contributed by atoms with Gasteiger partial charge in [0.1, 0.15) is 0 Å². The number of carbonyl (C=O) groups excluding carboxylic acids is 1. The summed E-state index contributed by atoms with van der Waals surface area (Å²) >= 11 is 1.82. The zero-order valence-electron chi connectivity index (χ0n) is 14.7. The topological polar surface area (TPSA) is 41.6 Å². The van der Waals surface area contributed by atoms with Gasteiger partial charge in [0.05, 0.1) is 6.61 Å². The van der Waals surface area contributed by atoms with Crippen molar-refractivity contribution in [2.24, 2.45) is 5.92 Å². The van der Waals surface area contributed by atoms with Gasteiger partial charge in [0.15, 0.2) is 0 Å². The summed E-state index contributed by atoms with van der Waals surface area (Å²) in [5.41, 5.74) is 1.79. The average Bonchev–Trinajstić information content (AvgIpc) is 3.14. The molecule has 3 rings (SSSR count). The van der Waals surface area contributed by atoms with Gasteiger partial charge < -0.3 is 10.1 Å². The molecule has 5 heteroatoms. The molecule has 1 aliphatic rings. The lowest BCUT2D eigenvalue weighted by Crippen LogP contribution is -2.40. The van der Waals surface area contributed by atoms with E-state index in [4.69, 9.17) is 4.74 Å². The summed E-state index contributed by atoms with van der Waals surface area (Å²) in [4.78, 5) is 16.3. The molecule has 25 heavy (non-hydrogen) atoms. The summed E-state index contributed by atoms with van der Waals surface area (Å²) < 4.78 is 5.10. The van der Waals surface area contributed by atoms with Crippen LogP contribution in [0.2, 0.25) is 0 Å². The van der Waals surface area contributed by atoms with Crippen LogP contribution in [0.4, 0.5) is 0 Å². The van der Waals surface area contributed by atoms with Crippen molar-refractivity contribution >= 4 is 17.2 Å². The quantitative estimate of drug-likeness (QED) is 0.823. The van der Waals surface area contributed by atoms with Gasteiger partial charge in [-0.05, 0) is 54.4 Å². The van der Waals surface area contributed by atoms with E-state index in [9.17, 15) is 4.79 Å². The minimum Gasteiger partial charge on any atom is -0.380 e. The molecular weight excluding hydrogens is 332 g/mol. The zero-order valence-corrected chi connectivity index (χ0v) is 15.6. The zero-order chi connectivity index (χ0) is 17.5. The van der Waals surface area contributed by atoms with Crippen molar-refractivity contribution < 1.29 is 9.53 Å². The van der Waals surface area contributed by atoms with Crippen LogP contribution < -0.4 is 5.32 Å². The van der Waals surface area contributed by atoms with Crippen molar-refractivity contribution in [3.63, 3.8) is 0 Å². The van der Waals surface area contributed by atoms with E-state index in [0.29, 0.717) is 18.1 Å². The van der Waals surface area contributed by atoms with Crippen molar-refractivity contribution in [3.05, 3.63) is 57.8 Å². The Balaban J connectivity index is 1.46. The van der Waals surface area contributed by atoms with E-state index in [1.54, 1.807) is 7.11 Å². The first kappa shape index (κ1) is 18.1. The molecule has 4 nitrogen and oxygen atoms in total. The minimum atomic E-state index is 0.0133. The number of hydrogen-bond donors (Lipinski definition) is 1. The first-order valence-corrected chi connectivity index (χ1v) is 9.73. The Bertz CT molecular complexity index is 655. The van der Waals surface area contributed by atoms with Crippen LogP contribution >= 0.6 is 11.3 Å². The number of carbonyl (C=O) groups is 1. The number of piperidine rings is 1. The molecule has 1 unspecified atom stereocenters. The van der Waals surface area contributed by atoms with Gasteiger partial charge in [0.25, 0.3) is 5.91 Å². The molecule has 0 aliphatic carbocycles. The van der Waals surface area contributed by atoms with Crippen molar-refractivity contribution in [3.8, 4) is 0 Å². The highest BCUT2D eigenvalue weighted by Gasteiger charge is 2.21. The summed E-state index contributed by atoms with van der Waals surface area (Å²) in [5, 5.41) is 5.24. The number of nitrogens with one attached hydrogen (secondary N) is 1. The van der Waals surface area contributed by atoms with Crippen molar-refractivity contribution in [2.45, 2.75) is 26.0 Å². The Labute approximate surface area is 153 Å². The maximum absolute atomic E-state index is 12.3. The van der Waals surface area contributed by atoms with Crippen molar-refractivity contribution in [1.82, 2.24) is 10.2 Å². The number of amides is 1. The molecule has 0 bridgehead atoms. The lowest BCUT2D eigenvalue weighted by molar-refractivity contribution is 0.0931. The smallest absolute Gasteiger partial charge is 0.251 e. The first-order chi connectivity index (χ1) is 12.2. The molecule has 1 saturated heterocycles. The standard InChI is InChI=1S/C20H26N2O2S/c1-24-15-16-6-8-18(9-7-16)20(23)21-12-17-4-2-10-22(13-17)14-19-5-3-11-25-19/h3,5-9,11,17H,2,4,10,12-15H2,1H3,(H,21,23). The van der Waals surface area contributed by atoms with E-state index in [0.717, 1.165) is 31.7 Å². The minimum absolute atomic E-state index is 0.0133. The molecule has 2 aromatic rings. The fourth-order valence-electron chi connectivity index (χ4n) is 3.34. The van der Waals surface area contributed by atoms with Crippen molar-refractivity contribution in [2.75, 3.05) is 26.7 Å². The summed E-state index contributed by atoms with van der Waals surface area (Å²) in [6.07, 6.45) is 2.39. The molecule has 0 spiro atoms. The molecule has 1 amide bonds. The van der Waals surface area contributed by atoms with Crippen molar-refractivity contribution in [1.29, 1.82) is 0 Å². The van der Waals surface area contributed by atoms with Gasteiger partial charge >= 0.3 is 0 Å². The predicted octanol–water partition coefficient (Wildman–Crippen LogP) is 3.54. The van der Waals surface area contributed by atoms with Crippen LogP contribution in [0, 0.1) is 5.92 Å². The van der Waals surface area contributed by atoms with Gasteiger partial charge in [-0.15, -0.1) is 11.3 Å². The molecule has 0 saturated carbocycles. The van der Waals surface area contributed by atoms with Crippen LogP contribution in [0.15, 0.2) is 41.8 Å². The van der Waals surface area contributed by atoms with E-state index < -0.39 is 0 Å². The number of likely N-dealkylation sites (tertiary alicyclic amines) is 1. The maximum Gasteiger partial charge on any atom is 0.251 e. The maximum atomic E-state index is 12.3. The van der Waals surface area contributed by atoms with E-state index in [2.05, 4.69) is 27.7 Å². The Morgan fingerprint density at radius 2 is 2.16 bits per heavy atom. The van der Waals surface area contributed by atoms with Crippen LogP contribution in [0.25, 0.3) is 0 Å². The van der Waals surface area contributed by atoms with Crippen LogP contribution in [0.3, 0.4) is 0 Å². The number of nitrogens with zero attached hydrogens (tertiary/aromatic N) is 1. The Morgan fingerprint density at radius 3 is 2.88 bits per heavy atom. The third-order valence-electron chi connectivity index (χ3n) is 4.64. The first-order valence-electron chi connectivity index (χ1n) is 8.85. The lowest BCUT2D eigenvalue weighted by atomic mass is 9.97. The summed E-state index contributed by atoms with van der Waals surface area (Å²) in [6.45, 7) is 4.57. The highest BCUT2D eigenvalue weighted by Crippen LogP contribution is 2.20. The number of benzene rings is 1. The van der Waals surface area contributed by atoms with Gasteiger partial charge in [0.2, 0.25) is 0 Å². The van der Waals surface area contributed by atoms with Crippen LogP contribution in [-0.2, 0) is 17.9 Å². The Kier molecular flexibility index (Phi) is 6.62. The molecule has 134 valence electrons. The molecular formula is C20H26N2O2S. The van der Waals surface area contributed by atoms with Crippen LogP contribution in [0.5, 0.6) is 0 Å². The van der Waals surface area contributed by atoms with Gasteiger partial charge in [-0.3, -0.25) is 9.69 Å².